The monoisotopic (exact) mass is 296 g/mol. The van der Waals surface area contributed by atoms with E-state index in [4.69, 9.17) is 0 Å². The Morgan fingerprint density at radius 3 is 2.37 bits per heavy atom. The van der Waals surface area contributed by atoms with Gasteiger partial charge >= 0.3 is 0 Å². The fourth-order valence-electron chi connectivity index (χ4n) is 1.64. The number of nitrogens with one attached hydrogen (secondary N) is 2. The van der Waals surface area contributed by atoms with Gasteiger partial charge in [-0.05, 0) is 55.2 Å². The van der Waals surface area contributed by atoms with Crippen LogP contribution in [0.5, 0.6) is 0 Å². The minimum Gasteiger partial charge on any atom is -0.380 e. The summed E-state index contributed by atoms with van der Waals surface area (Å²) in [6, 6.07) is 8.81. The average molecular weight is 296 g/mol. The number of anilines is 1. The van der Waals surface area contributed by atoms with E-state index >= 15 is 0 Å². The van der Waals surface area contributed by atoms with Crippen LogP contribution in [0.4, 0.5) is 5.69 Å². The predicted octanol–water partition coefficient (Wildman–Crippen LogP) is 2.58. The highest BCUT2D eigenvalue weighted by Crippen LogP contribution is 2.18. The minimum absolute atomic E-state index is 0.271. The Morgan fingerprint density at radius 1 is 1.16 bits per heavy atom. The van der Waals surface area contributed by atoms with E-state index in [1.54, 1.807) is 35.6 Å². The molecule has 102 valence electrons. The second-order valence-corrected chi connectivity index (χ2v) is 7.00. The largest absolute Gasteiger partial charge is 0.380 e. The molecule has 0 spiro atoms. The van der Waals surface area contributed by atoms with Crippen molar-refractivity contribution in [3.63, 3.8) is 0 Å². The maximum absolute atomic E-state index is 11.6. The van der Waals surface area contributed by atoms with Gasteiger partial charge in [0.25, 0.3) is 0 Å². The van der Waals surface area contributed by atoms with Gasteiger partial charge < -0.3 is 5.32 Å². The van der Waals surface area contributed by atoms with Gasteiger partial charge in [-0.25, -0.2) is 13.1 Å². The van der Waals surface area contributed by atoms with Gasteiger partial charge in [0.1, 0.15) is 0 Å². The molecule has 0 saturated heterocycles. The fraction of sp³-hybridized carbons (Fsp3) is 0.231. The summed E-state index contributed by atoms with van der Waals surface area (Å²) >= 11 is 1.71. The molecule has 0 bridgehead atoms. The van der Waals surface area contributed by atoms with Crippen molar-refractivity contribution < 1.29 is 8.42 Å². The van der Waals surface area contributed by atoms with Gasteiger partial charge in [0.15, 0.2) is 0 Å². The molecule has 2 N–H and O–H groups in total. The van der Waals surface area contributed by atoms with Crippen molar-refractivity contribution in [1.29, 1.82) is 0 Å². The minimum atomic E-state index is -3.36. The maximum atomic E-state index is 11.6. The number of aryl methyl sites for hydroxylation is 1. The highest BCUT2D eigenvalue weighted by atomic mass is 32.2. The molecular weight excluding hydrogens is 280 g/mol. The van der Waals surface area contributed by atoms with Crippen LogP contribution < -0.4 is 10.0 Å². The third kappa shape index (κ3) is 3.34. The van der Waals surface area contributed by atoms with Gasteiger partial charge in [-0.1, -0.05) is 0 Å². The summed E-state index contributed by atoms with van der Waals surface area (Å²) in [6.07, 6.45) is 0. The van der Waals surface area contributed by atoms with Crippen molar-refractivity contribution in [1.82, 2.24) is 4.72 Å². The number of rotatable bonds is 5. The van der Waals surface area contributed by atoms with Crippen LogP contribution in [0, 0.1) is 6.92 Å². The van der Waals surface area contributed by atoms with Crippen LogP contribution in [0.3, 0.4) is 0 Å². The first-order chi connectivity index (χ1) is 9.03. The van der Waals surface area contributed by atoms with E-state index in [0.29, 0.717) is 0 Å². The lowest BCUT2D eigenvalue weighted by Gasteiger charge is -2.07. The van der Waals surface area contributed by atoms with Crippen LogP contribution >= 0.6 is 11.3 Å². The molecule has 0 amide bonds. The standard InChI is InChI=1S/C13H16N2O2S2/c1-10-7-8-18-13(10)9-15-11-3-5-12(6-4-11)19(16,17)14-2/h3-8,14-15H,9H2,1-2H3. The average Bonchev–Trinajstić information content (AvgIpc) is 2.82. The SMILES string of the molecule is CNS(=O)(=O)c1ccc(NCc2sccc2C)cc1. The van der Waals surface area contributed by atoms with Crippen LogP contribution in [-0.2, 0) is 16.6 Å². The number of hydrogen-bond donors (Lipinski definition) is 2. The molecule has 2 rings (SSSR count). The Kier molecular flexibility index (Phi) is 4.24. The fourth-order valence-corrected chi connectivity index (χ4v) is 3.21. The summed E-state index contributed by atoms with van der Waals surface area (Å²) in [6.45, 7) is 2.83. The molecule has 0 atom stereocenters. The van der Waals surface area contributed by atoms with E-state index in [2.05, 4.69) is 28.4 Å². The van der Waals surface area contributed by atoms with E-state index in [9.17, 15) is 8.42 Å². The van der Waals surface area contributed by atoms with Gasteiger partial charge in [0.2, 0.25) is 10.0 Å². The molecule has 19 heavy (non-hydrogen) atoms. The lowest BCUT2D eigenvalue weighted by Crippen LogP contribution is -2.18. The molecule has 2 aromatic rings. The van der Waals surface area contributed by atoms with Crippen LogP contribution in [0.2, 0.25) is 0 Å². The molecule has 1 heterocycles. The number of thiophene rings is 1. The lowest BCUT2D eigenvalue weighted by molar-refractivity contribution is 0.588. The second-order valence-electron chi connectivity index (χ2n) is 4.11. The summed E-state index contributed by atoms with van der Waals surface area (Å²) in [5.74, 6) is 0. The van der Waals surface area contributed by atoms with E-state index in [1.165, 1.54) is 17.5 Å². The first-order valence-corrected chi connectivity index (χ1v) is 8.19. The maximum Gasteiger partial charge on any atom is 0.240 e. The molecule has 0 unspecified atom stereocenters. The first kappa shape index (κ1) is 14.0. The predicted molar refractivity (Wildman–Crippen MR) is 79.1 cm³/mol. The summed E-state index contributed by atoms with van der Waals surface area (Å²) < 4.78 is 25.4. The second kappa shape index (κ2) is 5.73. The van der Waals surface area contributed by atoms with Crippen LogP contribution in [0.25, 0.3) is 0 Å². The van der Waals surface area contributed by atoms with E-state index < -0.39 is 10.0 Å². The summed E-state index contributed by atoms with van der Waals surface area (Å²) in [4.78, 5) is 1.56. The number of hydrogen-bond acceptors (Lipinski definition) is 4. The molecule has 4 nitrogen and oxygen atoms in total. The van der Waals surface area contributed by atoms with Gasteiger partial charge in [-0.15, -0.1) is 11.3 Å². The lowest BCUT2D eigenvalue weighted by atomic mass is 10.2. The molecule has 0 fully saturated rings. The molecule has 0 aliphatic carbocycles. The number of benzene rings is 1. The highest BCUT2D eigenvalue weighted by molar-refractivity contribution is 7.89. The molecule has 0 saturated carbocycles. The summed E-state index contributed by atoms with van der Waals surface area (Å²) in [7, 11) is -1.95. The Bertz CT molecular complexity index is 646. The van der Waals surface area contributed by atoms with Crippen molar-refractivity contribution >= 4 is 27.0 Å². The molecule has 0 aliphatic heterocycles. The van der Waals surface area contributed by atoms with Crippen LogP contribution in [0.1, 0.15) is 10.4 Å². The van der Waals surface area contributed by atoms with Gasteiger partial charge in [-0.2, -0.15) is 0 Å². The Hall–Kier alpha value is -1.37. The zero-order valence-corrected chi connectivity index (χ0v) is 12.4. The van der Waals surface area contributed by atoms with E-state index in [0.717, 1.165) is 12.2 Å². The van der Waals surface area contributed by atoms with Crippen LogP contribution in [-0.4, -0.2) is 15.5 Å². The molecule has 0 radical (unpaired) electrons. The normalized spacial score (nSPS) is 11.5. The van der Waals surface area contributed by atoms with Crippen molar-refractivity contribution in [3.05, 3.63) is 46.2 Å². The zero-order chi connectivity index (χ0) is 13.9. The third-order valence-electron chi connectivity index (χ3n) is 2.85. The molecule has 6 heteroatoms. The smallest absolute Gasteiger partial charge is 0.240 e. The summed E-state index contributed by atoms with van der Waals surface area (Å²) in [5, 5.41) is 5.34. The van der Waals surface area contributed by atoms with E-state index in [1.807, 2.05) is 0 Å². The van der Waals surface area contributed by atoms with Gasteiger partial charge in [0.05, 0.1) is 4.90 Å². The molecule has 1 aromatic heterocycles. The quantitative estimate of drug-likeness (QED) is 0.891. The Labute approximate surface area is 117 Å². The van der Waals surface area contributed by atoms with Crippen molar-refractivity contribution in [2.24, 2.45) is 0 Å². The van der Waals surface area contributed by atoms with Gasteiger partial charge in [-0.3, -0.25) is 0 Å². The first-order valence-electron chi connectivity index (χ1n) is 5.83. The molecular formula is C13H16N2O2S2. The topological polar surface area (TPSA) is 58.2 Å². The van der Waals surface area contributed by atoms with Crippen molar-refractivity contribution in [2.75, 3.05) is 12.4 Å². The summed E-state index contributed by atoms with van der Waals surface area (Å²) in [5.41, 5.74) is 2.18. The van der Waals surface area contributed by atoms with Crippen LogP contribution in [0.15, 0.2) is 40.6 Å². The Morgan fingerprint density at radius 2 is 1.84 bits per heavy atom. The highest BCUT2D eigenvalue weighted by Gasteiger charge is 2.10. The zero-order valence-electron chi connectivity index (χ0n) is 10.8. The Balaban J connectivity index is 2.06. The molecule has 1 aromatic carbocycles. The van der Waals surface area contributed by atoms with E-state index in [-0.39, 0.29) is 4.90 Å². The third-order valence-corrected chi connectivity index (χ3v) is 5.31. The number of sulfonamides is 1. The van der Waals surface area contributed by atoms with Crippen molar-refractivity contribution in [3.8, 4) is 0 Å². The molecule has 0 aliphatic rings. The van der Waals surface area contributed by atoms with Crippen molar-refractivity contribution in [2.45, 2.75) is 18.4 Å². The van der Waals surface area contributed by atoms with Gasteiger partial charge in [0, 0.05) is 17.1 Å².